The van der Waals surface area contributed by atoms with Gasteiger partial charge in [0.25, 0.3) is 11.8 Å². The molecule has 1 fully saturated rings. The first-order valence-corrected chi connectivity index (χ1v) is 9.79. The second kappa shape index (κ2) is 7.27. The highest BCUT2D eigenvalue weighted by atomic mass is 16.5. The smallest absolute Gasteiger partial charge is 0.287 e. The van der Waals surface area contributed by atoms with E-state index in [4.69, 9.17) is 14.8 Å². The zero-order chi connectivity index (χ0) is 19.7. The van der Waals surface area contributed by atoms with Crippen LogP contribution in [-0.4, -0.2) is 44.3 Å². The first-order chi connectivity index (χ1) is 14.2. The number of rotatable bonds is 3. The molecular formula is C22H23N6O+. The summed E-state index contributed by atoms with van der Waals surface area (Å²) >= 11 is 0. The molecule has 3 aliphatic heterocycles. The number of quaternary nitrogens is 1. The van der Waals surface area contributed by atoms with Gasteiger partial charge in [0.2, 0.25) is 0 Å². The summed E-state index contributed by atoms with van der Waals surface area (Å²) in [6.45, 7) is 5.42. The Morgan fingerprint density at radius 2 is 1.93 bits per heavy atom. The van der Waals surface area contributed by atoms with Gasteiger partial charge in [0, 0.05) is 36.6 Å². The van der Waals surface area contributed by atoms with Gasteiger partial charge >= 0.3 is 0 Å². The lowest BCUT2D eigenvalue weighted by Crippen LogP contribution is -2.44. The monoisotopic (exact) mass is 387 g/mol. The van der Waals surface area contributed by atoms with Crippen molar-refractivity contribution in [3.05, 3.63) is 66.5 Å². The van der Waals surface area contributed by atoms with Crippen LogP contribution in [0.4, 0.5) is 17.1 Å². The molecule has 0 aliphatic carbocycles. The average Bonchev–Trinajstić information content (AvgIpc) is 3.14. The van der Waals surface area contributed by atoms with Gasteiger partial charge in [0.05, 0.1) is 19.4 Å². The van der Waals surface area contributed by atoms with E-state index in [1.165, 1.54) is 11.3 Å². The first kappa shape index (κ1) is 17.8. The van der Waals surface area contributed by atoms with Crippen molar-refractivity contribution in [1.29, 1.82) is 0 Å². The number of nitrogens with zero attached hydrogens (tertiary/aromatic N) is 5. The molecule has 3 aliphatic rings. The molecule has 1 N–H and O–H groups in total. The predicted molar refractivity (Wildman–Crippen MR) is 119 cm³/mol. The number of anilines is 2. The van der Waals surface area contributed by atoms with Crippen molar-refractivity contribution in [2.24, 2.45) is 15.1 Å². The first-order valence-electron chi connectivity index (χ1n) is 9.79. The molecule has 2 aromatic carbocycles. The maximum atomic E-state index is 5.46. The van der Waals surface area contributed by atoms with E-state index in [9.17, 15) is 0 Å². The minimum absolute atomic E-state index is 0.191. The van der Waals surface area contributed by atoms with Crippen LogP contribution in [0.2, 0.25) is 0 Å². The highest BCUT2D eigenvalue weighted by Gasteiger charge is 2.42. The summed E-state index contributed by atoms with van der Waals surface area (Å²) in [5.74, 6) is 1.34. The van der Waals surface area contributed by atoms with Crippen molar-refractivity contribution >= 4 is 35.1 Å². The van der Waals surface area contributed by atoms with Gasteiger partial charge in [-0.05, 0) is 35.8 Å². The van der Waals surface area contributed by atoms with E-state index in [0.717, 1.165) is 43.5 Å². The van der Waals surface area contributed by atoms with Crippen molar-refractivity contribution < 1.29 is 4.74 Å². The molecule has 0 bridgehead atoms. The van der Waals surface area contributed by atoms with E-state index >= 15 is 0 Å². The van der Waals surface area contributed by atoms with Crippen molar-refractivity contribution in [2.75, 3.05) is 36.5 Å². The molecule has 1 unspecified atom stereocenters. The van der Waals surface area contributed by atoms with Gasteiger partial charge in [-0.3, -0.25) is 4.99 Å². The van der Waals surface area contributed by atoms with Crippen molar-refractivity contribution in [2.45, 2.75) is 6.92 Å². The second-order valence-corrected chi connectivity index (χ2v) is 7.27. The molecule has 0 spiro atoms. The van der Waals surface area contributed by atoms with Gasteiger partial charge < -0.3 is 15.0 Å². The van der Waals surface area contributed by atoms with Gasteiger partial charge in [0.15, 0.2) is 11.9 Å². The van der Waals surface area contributed by atoms with E-state index in [1.807, 2.05) is 18.3 Å². The Kier molecular flexibility index (Phi) is 4.46. The maximum absolute atomic E-state index is 5.46. The SMILES string of the molecule is Cc1cccc([N+]23C=CN=CC2=NC(Nc2cccc(N4CCOCC4)c2)=N3)c1. The van der Waals surface area contributed by atoms with Crippen molar-refractivity contribution in [1.82, 2.24) is 4.59 Å². The number of morpholine rings is 1. The molecule has 29 heavy (non-hydrogen) atoms. The fourth-order valence-corrected chi connectivity index (χ4v) is 3.78. The molecule has 1 atom stereocenters. The molecule has 5 rings (SSSR count). The standard InChI is InChI=1S/C22H23N6O/c1-17-4-2-7-20(14-17)28-11-8-23-16-21(28)25-22(26-28)24-18-5-3-6-19(15-18)27-9-12-29-13-10-27/h2-8,11,14-16H,9-10,12-13H2,1H3,(H,24,26)/q+1. The molecule has 7 nitrogen and oxygen atoms in total. The Bertz CT molecular complexity index is 1050. The zero-order valence-corrected chi connectivity index (χ0v) is 16.3. The Morgan fingerprint density at radius 3 is 2.79 bits per heavy atom. The maximum Gasteiger partial charge on any atom is 0.287 e. The quantitative estimate of drug-likeness (QED) is 0.820. The molecule has 7 heteroatoms. The summed E-state index contributed by atoms with van der Waals surface area (Å²) in [5, 5.41) is 8.30. The lowest BCUT2D eigenvalue weighted by Gasteiger charge is -2.29. The van der Waals surface area contributed by atoms with Crippen LogP contribution in [0, 0.1) is 6.92 Å². The van der Waals surface area contributed by atoms with E-state index < -0.39 is 0 Å². The summed E-state index contributed by atoms with van der Waals surface area (Å²) in [5.41, 5.74) is 4.34. The zero-order valence-electron chi connectivity index (χ0n) is 16.3. The predicted octanol–water partition coefficient (Wildman–Crippen LogP) is 3.49. The largest absolute Gasteiger partial charge is 0.378 e. The number of aryl methyl sites for hydroxylation is 1. The third-order valence-corrected chi connectivity index (χ3v) is 5.25. The molecular weight excluding hydrogens is 364 g/mol. The Balaban J connectivity index is 1.45. The van der Waals surface area contributed by atoms with Crippen LogP contribution in [-0.2, 0) is 4.74 Å². The number of amidine groups is 1. The van der Waals surface area contributed by atoms with E-state index in [-0.39, 0.29) is 4.59 Å². The van der Waals surface area contributed by atoms with Gasteiger partial charge in [0.1, 0.15) is 6.21 Å². The number of hydrogen-bond donors (Lipinski definition) is 1. The topological polar surface area (TPSA) is 61.6 Å². The highest BCUT2D eigenvalue weighted by Crippen LogP contribution is 2.32. The molecule has 0 radical (unpaired) electrons. The Labute approximate surface area is 169 Å². The number of benzene rings is 2. The van der Waals surface area contributed by atoms with E-state index in [1.54, 1.807) is 12.4 Å². The number of aliphatic imine (C=N–C) groups is 2. The lowest BCUT2D eigenvalue weighted by atomic mass is 10.2. The molecule has 1 saturated heterocycles. The number of nitrogens with one attached hydrogen (secondary N) is 1. The highest BCUT2D eigenvalue weighted by molar-refractivity contribution is 6.38. The van der Waals surface area contributed by atoms with Crippen LogP contribution in [0.1, 0.15) is 5.56 Å². The summed E-state index contributed by atoms with van der Waals surface area (Å²) < 4.78 is 5.65. The third kappa shape index (κ3) is 3.35. The molecule has 0 aromatic heterocycles. The fraction of sp³-hybridized carbons (Fsp3) is 0.227. The van der Waals surface area contributed by atoms with Crippen LogP contribution in [0.5, 0.6) is 0 Å². The fourth-order valence-electron chi connectivity index (χ4n) is 3.78. The molecule has 3 heterocycles. The minimum atomic E-state index is 0.191. The van der Waals surface area contributed by atoms with Gasteiger partial charge in [-0.1, -0.05) is 22.8 Å². The van der Waals surface area contributed by atoms with Crippen LogP contribution in [0.25, 0.3) is 0 Å². The van der Waals surface area contributed by atoms with Crippen LogP contribution in [0.15, 0.2) is 76.0 Å². The summed E-state index contributed by atoms with van der Waals surface area (Å²) in [6.07, 6.45) is 5.49. The molecule has 0 amide bonds. The van der Waals surface area contributed by atoms with Gasteiger partial charge in [-0.2, -0.15) is 4.99 Å². The number of ether oxygens (including phenoxy) is 1. The average molecular weight is 387 g/mol. The minimum Gasteiger partial charge on any atom is -0.378 e. The summed E-state index contributed by atoms with van der Waals surface area (Å²) in [6, 6.07) is 16.7. The van der Waals surface area contributed by atoms with Gasteiger partial charge in [-0.25, -0.2) is 0 Å². The van der Waals surface area contributed by atoms with E-state index in [0.29, 0.717) is 5.96 Å². The number of fused-ring (bicyclic) bond motifs is 1. The van der Waals surface area contributed by atoms with Crippen LogP contribution < -0.4 is 14.8 Å². The summed E-state index contributed by atoms with van der Waals surface area (Å²) in [7, 11) is 0. The lowest BCUT2D eigenvalue weighted by molar-refractivity contribution is 0.122. The Morgan fingerprint density at radius 1 is 1.07 bits per heavy atom. The normalized spacial score (nSPS) is 22.9. The van der Waals surface area contributed by atoms with Crippen LogP contribution in [0.3, 0.4) is 0 Å². The summed E-state index contributed by atoms with van der Waals surface area (Å²) in [4.78, 5) is 11.3. The number of guanidine groups is 1. The van der Waals surface area contributed by atoms with Crippen molar-refractivity contribution in [3.63, 3.8) is 0 Å². The third-order valence-electron chi connectivity index (χ3n) is 5.25. The van der Waals surface area contributed by atoms with Crippen molar-refractivity contribution in [3.8, 4) is 0 Å². The number of hydrogen-bond acceptors (Lipinski definition) is 6. The molecule has 0 saturated carbocycles. The van der Waals surface area contributed by atoms with Crippen LogP contribution >= 0.6 is 0 Å². The second-order valence-electron chi connectivity index (χ2n) is 7.27. The van der Waals surface area contributed by atoms with E-state index in [2.05, 4.69) is 58.5 Å². The Hall–Kier alpha value is -3.29. The molecule has 2 aromatic rings. The molecule has 146 valence electrons. The van der Waals surface area contributed by atoms with Gasteiger partial charge in [-0.15, -0.1) is 0 Å².